The van der Waals surface area contributed by atoms with Gasteiger partial charge in [0.15, 0.2) is 6.29 Å². The van der Waals surface area contributed by atoms with Gasteiger partial charge in [-0.05, 0) is 12.1 Å². The van der Waals surface area contributed by atoms with Gasteiger partial charge in [0, 0.05) is 11.1 Å². The molecule has 0 radical (unpaired) electrons. The maximum atomic E-state index is 11.0. The minimum atomic E-state index is 0.687. The standard InChI is InChI=1S/C14H9NOS/c16-9-10-5-1-2-6-11(10)14-15-12-7-3-4-8-13(12)17-14/h1-9H. The number of fused-ring (bicyclic) bond motifs is 1. The van der Waals surface area contributed by atoms with Crippen LogP contribution in [0.3, 0.4) is 0 Å². The first-order valence-electron chi connectivity index (χ1n) is 5.28. The highest BCUT2D eigenvalue weighted by atomic mass is 32.1. The van der Waals surface area contributed by atoms with E-state index in [2.05, 4.69) is 4.98 Å². The third-order valence-corrected chi connectivity index (χ3v) is 3.68. The molecule has 1 heterocycles. The molecule has 0 saturated heterocycles. The summed E-state index contributed by atoms with van der Waals surface area (Å²) >= 11 is 1.61. The molecule has 0 bridgehead atoms. The second-order valence-corrected chi connectivity index (χ2v) is 4.72. The van der Waals surface area contributed by atoms with Gasteiger partial charge in [0.25, 0.3) is 0 Å². The molecular formula is C14H9NOS. The Morgan fingerprint density at radius 2 is 1.76 bits per heavy atom. The van der Waals surface area contributed by atoms with Crippen molar-refractivity contribution >= 4 is 27.8 Å². The molecule has 0 aliphatic carbocycles. The van der Waals surface area contributed by atoms with Gasteiger partial charge in [-0.1, -0.05) is 36.4 Å². The van der Waals surface area contributed by atoms with Crippen LogP contribution in [0.4, 0.5) is 0 Å². The zero-order chi connectivity index (χ0) is 11.7. The molecule has 3 aromatic rings. The third kappa shape index (κ3) is 1.74. The van der Waals surface area contributed by atoms with Crippen molar-refractivity contribution in [2.24, 2.45) is 0 Å². The highest BCUT2D eigenvalue weighted by Gasteiger charge is 2.08. The summed E-state index contributed by atoms with van der Waals surface area (Å²) in [5, 5.41) is 0.897. The Morgan fingerprint density at radius 3 is 2.59 bits per heavy atom. The first-order valence-corrected chi connectivity index (χ1v) is 6.10. The van der Waals surface area contributed by atoms with E-state index in [1.165, 1.54) is 0 Å². The molecule has 3 rings (SSSR count). The van der Waals surface area contributed by atoms with Gasteiger partial charge >= 0.3 is 0 Å². The number of rotatable bonds is 2. The van der Waals surface area contributed by atoms with Crippen LogP contribution in [0.1, 0.15) is 10.4 Å². The van der Waals surface area contributed by atoms with Crippen molar-refractivity contribution in [2.45, 2.75) is 0 Å². The summed E-state index contributed by atoms with van der Waals surface area (Å²) in [4.78, 5) is 15.5. The average Bonchev–Trinajstić information content (AvgIpc) is 2.82. The number of nitrogens with zero attached hydrogens (tertiary/aromatic N) is 1. The van der Waals surface area contributed by atoms with E-state index < -0.39 is 0 Å². The number of carbonyl (C=O) groups excluding carboxylic acids is 1. The zero-order valence-electron chi connectivity index (χ0n) is 8.96. The van der Waals surface area contributed by atoms with E-state index >= 15 is 0 Å². The lowest BCUT2D eigenvalue weighted by Crippen LogP contribution is -1.85. The number of hydrogen-bond donors (Lipinski definition) is 0. The highest BCUT2D eigenvalue weighted by molar-refractivity contribution is 7.21. The maximum Gasteiger partial charge on any atom is 0.150 e. The normalized spacial score (nSPS) is 10.6. The molecule has 0 fully saturated rings. The van der Waals surface area contributed by atoms with E-state index in [4.69, 9.17) is 0 Å². The number of benzene rings is 2. The predicted octanol–water partition coefficient (Wildman–Crippen LogP) is 3.78. The summed E-state index contributed by atoms with van der Waals surface area (Å²) in [7, 11) is 0. The van der Waals surface area contributed by atoms with Crippen LogP contribution in [-0.2, 0) is 0 Å². The molecule has 0 saturated carbocycles. The van der Waals surface area contributed by atoms with Crippen molar-refractivity contribution in [1.82, 2.24) is 4.98 Å². The van der Waals surface area contributed by atoms with Crippen LogP contribution < -0.4 is 0 Å². The minimum Gasteiger partial charge on any atom is -0.298 e. The van der Waals surface area contributed by atoms with Crippen LogP contribution in [0.5, 0.6) is 0 Å². The molecule has 0 aliphatic rings. The number of thiazole rings is 1. The van der Waals surface area contributed by atoms with Crippen LogP contribution in [0.25, 0.3) is 20.8 Å². The summed E-state index contributed by atoms with van der Waals surface area (Å²) in [5.41, 5.74) is 2.57. The number of carbonyl (C=O) groups is 1. The Kier molecular flexibility index (Phi) is 2.46. The number of para-hydroxylation sites is 1. The highest BCUT2D eigenvalue weighted by Crippen LogP contribution is 2.31. The van der Waals surface area contributed by atoms with E-state index in [0.717, 1.165) is 27.1 Å². The molecule has 1 aromatic heterocycles. The number of aldehydes is 1. The SMILES string of the molecule is O=Cc1ccccc1-c1nc2ccccc2s1. The van der Waals surface area contributed by atoms with Gasteiger partial charge in [0.1, 0.15) is 5.01 Å². The molecule has 0 atom stereocenters. The Hall–Kier alpha value is -2.00. The molecule has 0 N–H and O–H groups in total. The molecule has 0 aliphatic heterocycles. The van der Waals surface area contributed by atoms with Crippen molar-refractivity contribution in [1.29, 1.82) is 0 Å². The molecule has 82 valence electrons. The largest absolute Gasteiger partial charge is 0.298 e. The monoisotopic (exact) mass is 239 g/mol. The van der Waals surface area contributed by atoms with Crippen LogP contribution >= 0.6 is 11.3 Å². The average molecular weight is 239 g/mol. The summed E-state index contributed by atoms with van der Waals surface area (Å²) in [5.74, 6) is 0. The minimum absolute atomic E-state index is 0.687. The van der Waals surface area contributed by atoms with Gasteiger partial charge in [0.05, 0.1) is 10.2 Å². The van der Waals surface area contributed by atoms with Crippen molar-refractivity contribution in [3.05, 3.63) is 54.1 Å². The van der Waals surface area contributed by atoms with Crippen LogP contribution in [0.2, 0.25) is 0 Å². The molecule has 2 aromatic carbocycles. The van der Waals surface area contributed by atoms with Crippen LogP contribution in [0, 0.1) is 0 Å². The molecule has 3 heteroatoms. The third-order valence-electron chi connectivity index (χ3n) is 2.61. The van der Waals surface area contributed by atoms with E-state index in [-0.39, 0.29) is 0 Å². The van der Waals surface area contributed by atoms with Crippen LogP contribution in [0.15, 0.2) is 48.5 Å². The molecule has 0 unspecified atom stereocenters. The fraction of sp³-hybridized carbons (Fsp3) is 0. The molecule has 0 spiro atoms. The smallest absolute Gasteiger partial charge is 0.150 e. The summed E-state index contributed by atoms with van der Waals surface area (Å²) in [6.45, 7) is 0. The Labute approximate surface area is 103 Å². The lowest BCUT2D eigenvalue weighted by Gasteiger charge is -1.98. The Morgan fingerprint density at radius 1 is 1.00 bits per heavy atom. The number of hydrogen-bond acceptors (Lipinski definition) is 3. The predicted molar refractivity (Wildman–Crippen MR) is 70.4 cm³/mol. The topological polar surface area (TPSA) is 30.0 Å². The van der Waals surface area contributed by atoms with Crippen molar-refractivity contribution in [2.75, 3.05) is 0 Å². The maximum absolute atomic E-state index is 11.0. The van der Waals surface area contributed by atoms with Crippen molar-refractivity contribution < 1.29 is 4.79 Å². The van der Waals surface area contributed by atoms with Gasteiger partial charge < -0.3 is 0 Å². The first-order chi connectivity index (χ1) is 8.38. The van der Waals surface area contributed by atoms with E-state index in [0.29, 0.717) is 5.56 Å². The molecule has 17 heavy (non-hydrogen) atoms. The lowest BCUT2D eigenvalue weighted by molar-refractivity contribution is 0.112. The fourth-order valence-electron chi connectivity index (χ4n) is 1.78. The van der Waals surface area contributed by atoms with E-state index in [1.54, 1.807) is 11.3 Å². The second-order valence-electron chi connectivity index (χ2n) is 3.69. The summed E-state index contributed by atoms with van der Waals surface area (Å²) in [6.07, 6.45) is 0.876. The van der Waals surface area contributed by atoms with Crippen LogP contribution in [-0.4, -0.2) is 11.3 Å². The van der Waals surface area contributed by atoms with Gasteiger partial charge in [-0.3, -0.25) is 4.79 Å². The Balaban J connectivity index is 2.23. The van der Waals surface area contributed by atoms with Gasteiger partial charge in [0.2, 0.25) is 0 Å². The van der Waals surface area contributed by atoms with E-state index in [1.807, 2.05) is 48.5 Å². The second kappa shape index (κ2) is 4.11. The molecule has 2 nitrogen and oxygen atoms in total. The molecule has 0 amide bonds. The first kappa shape index (κ1) is 10.2. The summed E-state index contributed by atoms with van der Waals surface area (Å²) < 4.78 is 1.14. The lowest BCUT2D eigenvalue weighted by atomic mass is 10.1. The van der Waals surface area contributed by atoms with Crippen molar-refractivity contribution in [3.8, 4) is 10.6 Å². The van der Waals surface area contributed by atoms with Crippen molar-refractivity contribution in [3.63, 3.8) is 0 Å². The van der Waals surface area contributed by atoms with Gasteiger partial charge in [-0.15, -0.1) is 11.3 Å². The zero-order valence-corrected chi connectivity index (χ0v) is 9.78. The Bertz CT molecular complexity index is 654. The number of aromatic nitrogens is 1. The summed E-state index contributed by atoms with van der Waals surface area (Å²) in [6, 6.07) is 15.5. The quantitative estimate of drug-likeness (QED) is 0.637. The fourth-order valence-corrected chi connectivity index (χ4v) is 2.79. The van der Waals surface area contributed by atoms with E-state index in [9.17, 15) is 4.79 Å². The molecular weight excluding hydrogens is 230 g/mol. The van der Waals surface area contributed by atoms with Gasteiger partial charge in [-0.2, -0.15) is 0 Å². The van der Waals surface area contributed by atoms with Gasteiger partial charge in [-0.25, -0.2) is 4.98 Å².